The number of primary amides is 1. The van der Waals surface area contributed by atoms with Gasteiger partial charge in [-0.15, -0.1) is 0 Å². The maximum Gasteiger partial charge on any atom is 0.413 e. The Hall–Kier alpha value is -11.5. The third kappa shape index (κ3) is 28.0. The SMILES string of the molecule is CC(C)CC(C(=O)NC1C(=O)CC(CC(N)=O)C(=O)NC2C(=O)CC3C(=O)NC(C(=O)NC(C(=O)O)c4cc(O)cc(O)c4-c4cc3ccc4O)C(OC3CC(C)(N)C(O)C(C)O3)c3ccc(c(Cl)c3)Oc3cc2cc(c3OC2OC(CO)C(O)C(O)C2OC2CC(C)(NCc3ccc(-c4ccc(Cl)cc4)cc3)C(O)C(C)O2)Oc2ccc(cc2Cl)C1O)N(C)C(=O)OCOC(=O)CNCCCNCCCCCCCCN. The maximum atomic E-state index is 16.9. The van der Waals surface area contributed by atoms with Gasteiger partial charge in [0.15, 0.2) is 47.8 Å². The number of amides is 6. The molecule has 0 aromatic heterocycles. The molecule has 0 spiro atoms. The second-order valence-electron chi connectivity index (χ2n) is 38.8. The fourth-order valence-corrected chi connectivity index (χ4v) is 19.5. The minimum atomic E-state index is -2.34. The van der Waals surface area contributed by atoms with E-state index < -0.39 is 309 Å². The highest BCUT2D eigenvalue weighted by Gasteiger charge is 2.54. The molecular weight excluding hydrogens is 1980 g/mol. The predicted octanol–water partition coefficient (Wildman–Crippen LogP) is 7.69. The number of benzene rings is 7. The van der Waals surface area contributed by atoms with Crippen LogP contribution in [0.4, 0.5) is 4.79 Å². The lowest BCUT2D eigenvalue weighted by molar-refractivity contribution is -0.334. The van der Waals surface area contributed by atoms with E-state index in [-0.39, 0.29) is 49.0 Å². The third-order valence-corrected chi connectivity index (χ3v) is 27.9. The molecule has 11 bridgehead atoms. The Labute approximate surface area is 862 Å². The van der Waals surface area contributed by atoms with Crippen molar-refractivity contribution in [2.45, 2.75) is 259 Å². The monoisotopic (exact) mass is 2100 g/mol. The molecule has 22 unspecified atom stereocenters. The fraction of sp³-hybridized carbons (Fsp3) is 0.495. The Kier molecular flexibility index (Phi) is 38.5. The van der Waals surface area contributed by atoms with Gasteiger partial charge in [-0.2, -0.15) is 0 Å². The van der Waals surface area contributed by atoms with E-state index in [1.54, 1.807) is 39.8 Å². The van der Waals surface area contributed by atoms with E-state index >= 15 is 28.8 Å². The van der Waals surface area contributed by atoms with Gasteiger partial charge in [0.2, 0.25) is 48.4 Å². The molecule has 8 aliphatic rings. The molecule has 41 nitrogen and oxygen atoms in total. The number of ether oxygens (including phenoxy) is 10. The van der Waals surface area contributed by atoms with Gasteiger partial charge in [0.25, 0.3) is 0 Å². The lowest BCUT2D eigenvalue weighted by Crippen LogP contribution is -2.65. The Morgan fingerprint density at radius 1 is 0.633 bits per heavy atom. The summed E-state index contributed by atoms with van der Waals surface area (Å²) in [6.45, 7) is 10.3. The first kappa shape index (κ1) is 113. The standard InChI is InChI=1S/C103H128Cl3N11O30/c1-50(2)33-68(117(7)101(137)139-49-138-79(125)47-111-32-14-31-110-30-13-11-9-8-10-12-29-107)97(133)115-85-71(122)37-60(40-78(108)124)95(131)113-83-59-38-75(142-73-27-22-57(87(85)126)35-66(73)105)91(147-100-92(89(128)88(127)77(48-118)144-100)146-81-45-103(6,94(130)52(4)141-81)112-46-53-15-17-54(18-16-53)55-19-24-61(104)25-20-55)76(39-59)143-74-28-23-58(36-67(74)106)90(145-80-44-102(5,109)93(129)51(3)140-80)86-98(134)114-84(99(135)136)65-41-62(119)42-70(121)82(65)64-34-56(21-26-69(64)120)63(43-72(83)123)96(132)116-86/h15-28,34-36,38-39,41-42,50-52,60,63,68,77,80-81,83-90,92-94,100,110-112,118-121,126-130H,8-14,29-33,37,40,43-49,107,109H2,1-7H3,(H2,108,124)(H,113,131)(H,114,134)(H,115,133)(H,116,132)(H,135,136). The van der Waals surface area contributed by atoms with Crippen LogP contribution in [0.25, 0.3) is 22.3 Å². The van der Waals surface area contributed by atoms with Crippen molar-refractivity contribution in [3.8, 4) is 68.2 Å². The number of aliphatic hydroxyl groups is 6. The van der Waals surface area contributed by atoms with Crippen LogP contribution in [-0.2, 0) is 82.9 Å². The van der Waals surface area contributed by atoms with Crippen LogP contribution in [0.1, 0.15) is 189 Å². The molecule has 3 saturated heterocycles. The number of phenols is 3. The number of aliphatic carboxylic acids is 1. The molecule has 23 N–H and O–H groups in total. The third-order valence-electron chi connectivity index (χ3n) is 27.1. The number of likely N-dealkylation sites (N-methyl/N-ethyl adjacent to an activating group) is 1. The van der Waals surface area contributed by atoms with E-state index in [1.165, 1.54) is 51.2 Å². The number of carbonyl (C=O) groups is 10. The molecule has 22 atom stereocenters. The van der Waals surface area contributed by atoms with Crippen LogP contribution in [0, 0.1) is 11.8 Å². The summed E-state index contributed by atoms with van der Waals surface area (Å²) in [4.78, 5) is 152. The van der Waals surface area contributed by atoms with Crippen molar-refractivity contribution in [3.63, 3.8) is 0 Å². The summed E-state index contributed by atoms with van der Waals surface area (Å²) in [6, 6.07) is 18.4. The molecule has 7 aromatic rings. The normalized spacial score (nSPS) is 27.1. The van der Waals surface area contributed by atoms with E-state index in [2.05, 4.69) is 37.2 Å². The summed E-state index contributed by atoms with van der Waals surface area (Å²) in [5, 5.41) is 138. The van der Waals surface area contributed by atoms with Gasteiger partial charge in [-0.1, -0.05) is 129 Å². The summed E-state index contributed by atoms with van der Waals surface area (Å²) < 4.78 is 63.9. The van der Waals surface area contributed by atoms with E-state index in [1.807, 2.05) is 36.4 Å². The molecule has 7 aromatic carbocycles. The van der Waals surface area contributed by atoms with E-state index in [0.29, 0.717) is 31.1 Å². The minimum absolute atomic E-state index is 0.163. The van der Waals surface area contributed by atoms with Gasteiger partial charge < -0.3 is 153 Å². The van der Waals surface area contributed by atoms with Crippen LogP contribution in [0.5, 0.6) is 46.0 Å². The maximum absolute atomic E-state index is 16.9. The average molecular weight is 2110 g/mol. The van der Waals surface area contributed by atoms with Crippen LogP contribution in [0.15, 0.2) is 127 Å². The fourth-order valence-electron chi connectivity index (χ4n) is 18.9. The number of aromatic hydroxyl groups is 3. The molecule has 0 aliphatic carbocycles. The van der Waals surface area contributed by atoms with Gasteiger partial charge in [-0.25, -0.2) is 9.59 Å². The molecule has 6 amide bonds. The highest BCUT2D eigenvalue weighted by molar-refractivity contribution is 6.32. The van der Waals surface area contributed by atoms with Crippen molar-refractivity contribution in [3.05, 3.63) is 176 Å². The Bertz CT molecular complexity index is 5880. The quantitative estimate of drug-likeness (QED) is 0.0103. The molecule has 8 aliphatic heterocycles. The summed E-state index contributed by atoms with van der Waals surface area (Å²) in [5.41, 5.74) is 15.3. The number of unbranched alkanes of at least 4 members (excludes halogenated alkanes) is 5. The smallest absolute Gasteiger partial charge is 0.413 e. The zero-order valence-corrected chi connectivity index (χ0v) is 84.3. The number of rotatable bonds is 35. The number of carboxylic acids is 1. The predicted molar refractivity (Wildman–Crippen MR) is 531 cm³/mol. The number of Topliss-reactive ketones (excluding diaryl/α,β-unsaturated/α-hetero) is 2. The first-order valence-corrected chi connectivity index (χ1v) is 49.9. The van der Waals surface area contributed by atoms with Crippen LogP contribution in [0.2, 0.25) is 15.1 Å². The van der Waals surface area contributed by atoms with Crippen molar-refractivity contribution in [1.82, 2.24) is 42.1 Å². The molecule has 147 heavy (non-hydrogen) atoms. The second-order valence-corrected chi connectivity index (χ2v) is 40.1. The van der Waals surface area contributed by atoms with Gasteiger partial charge in [0.05, 0.1) is 59.4 Å². The summed E-state index contributed by atoms with van der Waals surface area (Å²) >= 11 is 21.1. The number of nitrogens with one attached hydrogen (secondary N) is 7. The molecular formula is C103H128Cl3N11O30. The lowest BCUT2D eigenvalue weighted by atomic mass is 9.84. The molecule has 0 saturated carbocycles. The number of carboxylic acid groups (broad SMARTS) is 1. The number of carbonyl (C=O) groups excluding carboxylic acids is 9. The van der Waals surface area contributed by atoms with E-state index in [4.69, 9.17) is 99.4 Å². The second kappa shape index (κ2) is 50.2. The van der Waals surface area contributed by atoms with E-state index in [0.717, 1.165) is 115 Å². The number of nitrogens with two attached hydrogens (primary N) is 3. The van der Waals surface area contributed by atoms with Crippen molar-refractivity contribution in [1.29, 1.82) is 0 Å². The number of esters is 1. The van der Waals surface area contributed by atoms with Gasteiger partial charge in [-0.05, 0) is 191 Å². The van der Waals surface area contributed by atoms with E-state index in [9.17, 15) is 70.2 Å². The number of fused-ring (bicyclic) bond motifs is 15. The molecule has 796 valence electrons. The van der Waals surface area contributed by atoms with Crippen LogP contribution in [0.3, 0.4) is 0 Å². The Morgan fingerprint density at radius 3 is 1.89 bits per heavy atom. The number of hydrogen-bond donors (Lipinski definition) is 20. The number of aliphatic hydroxyl groups excluding tert-OH is 6. The van der Waals surface area contributed by atoms with Gasteiger partial charge in [-0.3, -0.25) is 43.3 Å². The highest BCUT2D eigenvalue weighted by atomic mass is 35.5. The molecule has 0 radical (unpaired) electrons. The van der Waals surface area contributed by atoms with Crippen molar-refractivity contribution >= 4 is 93.9 Å². The molecule has 44 heteroatoms. The molecule has 8 heterocycles. The topological polar surface area (TPSA) is 631 Å². The van der Waals surface area contributed by atoms with Crippen LogP contribution < -0.4 is 68.6 Å². The molecule has 3 fully saturated rings. The number of halogens is 3. The lowest BCUT2D eigenvalue weighted by Gasteiger charge is -2.48. The number of nitrogens with zero attached hydrogens (tertiary/aromatic N) is 1. The first-order valence-electron chi connectivity index (χ1n) is 48.7. The zero-order chi connectivity index (χ0) is 106. The number of hydrogen-bond acceptors (Lipinski definition) is 34. The Balaban J connectivity index is 0.931. The number of ketones is 2. The largest absolute Gasteiger partial charge is 0.508 e. The highest BCUT2D eigenvalue weighted by Crippen LogP contribution is 2.52. The van der Waals surface area contributed by atoms with Crippen molar-refractivity contribution < 1.29 is 146 Å². The average Bonchev–Trinajstić information content (AvgIpc) is 0.761. The van der Waals surface area contributed by atoms with Gasteiger partial charge >= 0.3 is 18.0 Å². The summed E-state index contributed by atoms with van der Waals surface area (Å²) in [7, 11) is 1.18. The summed E-state index contributed by atoms with van der Waals surface area (Å²) in [5.74, 6) is -21.3. The molecule has 15 rings (SSSR count). The van der Waals surface area contributed by atoms with Crippen molar-refractivity contribution in [2.24, 2.45) is 29.0 Å². The number of phenolic OH excluding ortho intramolecular Hbond substituents is 3. The Morgan fingerprint density at radius 2 is 1.25 bits per heavy atom. The minimum Gasteiger partial charge on any atom is -0.508 e. The van der Waals surface area contributed by atoms with Crippen LogP contribution in [-0.4, -0.2) is 265 Å². The van der Waals surface area contributed by atoms with Crippen LogP contribution >= 0.6 is 34.8 Å². The zero-order valence-electron chi connectivity index (χ0n) is 82.0. The first-order chi connectivity index (χ1) is 69.9. The summed E-state index contributed by atoms with van der Waals surface area (Å²) in [6.07, 6.45) is -20.1. The van der Waals surface area contributed by atoms with Crippen molar-refractivity contribution in [2.75, 3.05) is 53.2 Å². The van der Waals surface area contributed by atoms with Gasteiger partial charge in [0, 0.05) is 84.6 Å². The van der Waals surface area contributed by atoms with Gasteiger partial charge in [0.1, 0.15) is 83.4 Å².